The topological polar surface area (TPSA) is 24.9 Å². The number of aromatic nitrogens is 1. The Morgan fingerprint density at radius 2 is 2.11 bits per heavy atom. The molecular formula is C14H19F3N2. The Balaban J connectivity index is 1.92. The summed E-state index contributed by atoms with van der Waals surface area (Å²) >= 11 is 0. The Morgan fingerprint density at radius 1 is 1.32 bits per heavy atom. The van der Waals surface area contributed by atoms with Crippen molar-refractivity contribution in [3.8, 4) is 0 Å². The maximum Gasteiger partial charge on any atom is 0.391 e. The van der Waals surface area contributed by atoms with Crippen LogP contribution in [0.25, 0.3) is 0 Å². The van der Waals surface area contributed by atoms with Gasteiger partial charge in [-0.1, -0.05) is 12.5 Å². The third-order valence-electron chi connectivity index (χ3n) is 3.75. The fraction of sp³-hybridized carbons (Fsp3) is 0.643. The van der Waals surface area contributed by atoms with E-state index < -0.39 is 12.1 Å². The van der Waals surface area contributed by atoms with E-state index in [4.69, 9.17) is 0 Å². The van der Waals surface area contributed by atoms with Gasteiger partial charge in [-0.05, 0) is 38.3 Å². The molecule has 2 rings (SSSR count). The smallest absolute Gasteiger partial charge is 0.306 e. The van der Waals surface area contributed by atoms with Crippen LogP contribution in [0.4, 0.5) is 13.2 Å². The zero-order chi connectivity index (χ0) is 13.9. The van der Waals surface area contributed by atoms with E-state index in [2.05, 4.69) is 10.3 Å². The van der Waals surface area contributed by atoms with Crippen molar-refractivity contribution < 1.29 is 13.2 Å². The number of nitrogens with one attached hydrogen (secondary N) is 1. The van der Waals surface area contributed by atoms with Crippen LogP contribution in [0, 0.1) is 5.92 Å². The van der Waals surface area contributed by atoms with Crippen LogP contribution in [0.15, 0.2) is 24.4 Å². The molecule has 0 spiro atoms. The van der Waals surface area contributed by atoms with E-state index in [-0.39, 0.29) is 24.9 Å². The van der Waals surface area contributed by atoms with Gasteiger partial charge in [0.25, 0.3) is 0 Å². The second kappa shape index (κ2) is 5.90. The van der Waals surface area contributed by atoms with Gasteiger partial charge in [0.2, 0.25) is 0 Å². The van der Waals surface area contributed by atoms with Gasteiger partial charge in [0, 0.05) is 18.3 Å². The van der Waals surface area contributed by atoms with Crippen LogP contribution in [-0.4, -0.2) is 17.2 Å². The molecule has 1 aliphatic rings. The van der Waals surface area contributed by atoms with Gasteiger partial charge >= 0.3 is 6.18 Å². The van der Waals surface area contributed by atoms with E-state index in [1.54, 1.807) is 6.20 Å². The zero-order valence-electron chi connectivity index (χ0n) is 11.0. The van der Waals surface area contributed by atoms with Crippen LogP contribution in [0.5, 0.6) is 0 Å². The molecule has 1 fully saturated rings. The van der Waals surface area contributed by atoms with Crippen LogP contribution in [0.2, 0.25) is 0 Å². The Kier molecular flexibility index (Phi) is 4.45. The molecule has 0 bridgehead atoms. The highest BCUT2D eigenvalue weighted by atomic mass is 19.4. The fourth-order valence-electron chi connectivity index (χ4n) is 2.71. The summed E-state index contributed by atoms with van der Waals surface area (Å²) in [6, 6.07) is 5.52. The molecule has 3 atom stereocenters. The van der Waals surface area contributed by atoms with E-state index in [0.29, 0.717) is 6.42 Å². The van der Waals surface area contributed by atoms with Gasteiger partial charge in [-0.25, -0.2) is 0 Å². The van der Waals surface area contributed by atoms with E-state index in [1.165, 1.54) is 0 Å². The molecule has 2 nitrogen and oxygen atoms in total. The summed E-state index contributed by atoms with van der Waals surface area (Å²) in [6.45, 7) is 1.94. The molecule has 19 heavy (non-hydrogen) atoms. The minimum atomic E-state index is -4.06. The molecule has 1 heterocycles. The predicted octanol–water partition coefficient (Wildman–Crippen LogP) is 3.85. The van der Waals surface area contributed by atoms with Crippen LogP contribution >= 0.6 is 0 Å². The summed E-state index contributed by atoms with van der Waals surface area (Å²) in [5.74, 6) is -1.16. The molecule has 1 aromatic heterocycles. The number of hydrogen-bond acceptors (Lipinski definition) is 2. The van der Waals surface area contributed by atoms with Gasteiger partial charge in [-0.2, -0.15) is 13.2 Å². The van der Waals surface area contributed by atoms with Crippen LogP contribution in [0.3, 0.4) is 0 Å². The average molecular weight is 272 g/mol. The largest absolute Gasteiger partial charge is 0.391 e. The maximum atomic E-state index is 12.7. The lowest BCUT2D eigenvalue weighted by atomic mass is 9.85. The lowest BCUT2D eigenvalue weighted by Gasteiger charge is -2.32. The first-order chi connectivity index (χ1) is 8.97. The SMILES string of the molecule is C[C@H](NC1CCCC(C(F)(F)F)C1)c1ccccn1. The normalized spacial score (nSPS) is 26.1. The van der Waals surface area contributed by atoms with Crippen molar-refractivity contribution in [1.82, 2.24) is 10.3 Å². The maximum absolute atomic E-state index is 12.7. The van der Waals surface area contributed by atoms with Crippen molar-refractivity contribution in [1.29, 1.82) is 0 Å². The van der Waals surface area contributed by atoms with E-state index >= 15 is 0 Å². The second-order valence-corrected chi connectivity index (χ2v) is 5.25. The summed E-state index contributed by atoms with van der Waals surface area (Å²) in [7, 11) is 0. The highest BCUT2D eigenvalue weighted by molar-refractivity contribution is 5.08. The first kappa shape index (κ1) is 14.3. The van der Waals surface area contributed by atoms with Crippen LogP contribution < -0.4 is 5.32 Å². The molecule has 0 aromatic carbocycles. The number of rotatable bonds is 3. The van der Waals surface area contributed by atoms with E-state index in [0.717, 1.165) is 12.1 Å². The van der Waals surface area contributed by atoms with Crippen molar-refractivity contribution >= 4 is 0 Å². The van der Waals surface area contributed by atoms with Gasteiger partial charge in [0.05, 0.1) is 11.6 Å². The summed E-state index contributed by atoms with van der Waals surface area (Å²) < 4.78 is 38.2. The standard InChI is InChI=1S/C14H19F3N2/c1-10(13-7-2-3-8-18-13)19-12-6-4-5-11(9-12)14(15,16)17/h2-3,7-8,10-12,19H,4-6,9H2,1H3/t10-,11?,12?/m0/s1. The molecule has 5 heteroatoms. The number of nitrogens with zero attached hydrogens (tertiary/aromatic N) is 1. The number of halogens is 3. The minimum absolute atomic E-state index is 0.0156. The van der Waals surface area contributed by atoms with Gasteiger partial charge in [-0.3, -0.25) is 4.98 Å². The van der Waals surface area contributed by atoms with Crippen molar-refractivity contribution in [2.45, 2.75) is 50.9 Å². The van der Waals surface area contributed by atoms with Gasteiger partial charge in [0.15, 0.2) is 0 Å². The highest BCUT2D eigenvalue weighted by Gasteiger charge is 2.42. The van der Waals surface area contributed by atoms with Crippen LogP contribution in [0.1, 0.15) is 44.3 Å². The Hall–Kier alpha value is -1.10. The van der Waals surface area contributed by atoms with Crippen molar-refractivity contribution in [2.24, 2.45) is 5.92 Å². The molecule has 1 N–H and O–H groups in total. The Morgan fingerprint density at radius 3 is 2.74 bits per heavy atom. The average Bonchev–Trinajstić information content (AvgIpc) is 2.39. The summed E-state index contributed by atoms with van der Waals surface area (Å²) in [4.78, 5) is 4.23. The van der Waals surface area contributed by atoms with E-state index in [9.17, 15) is 13.2 Å². The lowest BCUT2D eigenvalue weighted by Crippen LogP contribution is -2.40. The monoisotopic (exact) mass is 272 g/mol. The molecule has 106 valence electrons. The third-order valence-corrected chi connectivity index (χ3v) is 3.75. The molecule has 0 radical (unpaired) electrons. The van der Waals surface area contributed by atoms with Crippen molar-refractivity contribution in [3.05, 3.63) is 30.1 Å². The van der Waals surface area contributed by atoms with Gasteiger partial charge in [0.1, 0.15) is 0 Å². The Labute approximate surface area is 111 Å². The first-order valence-electron chi connectivity index (χ1n) is 6.70. The summed E-state index contributed by atoms with van der Waals surface area (Å²) in [5, 5.41) is 3.27. The quantitative estimate of drug-likeness (QED) is 0.904. The molecule has 1 saturated carbocycles. The van der Waals surface area contributed by atoms with Crippen molar-refractivity contribution in [2.75, 3.05) is 0 Å². The summed E-state index contributed by atoms with van der Waals surface area (Å²) in [6.07, 6.45) is -0.470. The first-order valence-corrected chi connectivity index (χ1v) is 6.70. The molecule has 0 amide bonds. The van der Waals surface area contributed by atoms with Gasteiger partial charge in [-0.15, -0.1) is 0 Å². The highest BCUT2D eigenvalue weighted by Crippen LogP contribution is 2.37. The van der Waals surface area contributed by atoms with E-state index in [1.807, 2.05) is 25.1 Å². The third kappa shape index (κ3) is 3.93. The molecule has 1 aliphatic carbocycles. The Bertz CT molecular complexity index is 391. The van der Waals surface area contributed by atoms with Gasteiger partial charge < -0.3 is 5.32 Å². The zero-order valence-corrected chi connectivity index (χ0v) is 11.0. The number of alkyl halides is 3. The molecule has 1 aromatic rings. The molecule has 0 saturated heterocycles. The fourth-order valence-corrected chi connectivity index (χ4v) is 2.71. The number of hydrogen-bond donors (Lipinski definition) is 1. The predicted molar refractivity (Wildman–Crippen MR) is 67.6 cm³/mol. The lowest BCUT2D eigenvalue weighted by molar-refractivity contribution is -0.183. The summed E-state index contributed by atoms with van der Waals surface area (Å²) in [5.41, 5.74) is 0.872. The molecule has 2 unspecified atom stereocenters. The van der Waals surface area contributed by atoms with Crippen LogP contribution in [-0.2, 0) is 0 Å². The minimum Gasteiger partial charge on any atom is -0.306 e. The second-order valence-electron chi connectivity index (χ2n) is 5.25. The number of pyridine rings is 1. The molecular weight excluding hydrogens is 253 g/mol. The molecule has 0 aliphatic heterocycles. The van der Waals surface area contributed by atoms with Crippen molar-refractivity contribution in [3.63, 3.8) is 0 Å².